The van der Waals surface area contributed by atoms with E-state index in [0.717, 1.165) is 6.26 Å². The molecule has 0 amide bonds. The Hall–Kier alpha value is -2.22. The van der Waals surface area contributed by atoms with Gasteiger partial charge >= 0.3 is 12.4 Å². The maximum atomic E-state index is 14.0. The summed E-state index contributed by atoms with van der Waals surface area (Å²) in [7, 11) is -3.83. The van der Waals surface area contributed by atoms with E-state index in [-0.39, 0.29) is 25.7 Å². The molecule has 1 heterocycles. The first-order valence-corrected chi connectivity index (χ1v) is 12.5. The van der Waals surface area contributed by atoms with Crippen molar-refractivity contribution in [1.82, 2.24) is 0 Å². The van der Waals surface area contributed by atoms with E-state index in [9.17, 15) is 39.2 Å². The molecule has 1 unspecified atom stereocenters. The van der Waals surface area contributed by atoms with Crippen molar-refractivity contribution in [2.45, 2.75) is 44.0 Å². The first kappa shape index (κ1) is 28.4. The van der Waals surface area contributed by atoms with Gasteiger partial charge in [-0.1, -0.05) is 12.1 Å². The first-order chi connectivity index (χ1) is 16.5. The van der Waals surface area contributed by atoms with Crippen molar-refractivity contribution in [3.8, 4) is 0 Å². The number of halogens is 7. The zero-order valence-corrected chi connectivity index (χ0v) is 19.9. The van der Waals surface area contributed by atoms with Crippen molar-refractivity contribution in [3.63, 3.8) is 0 Å². The van der Waals surface area contributed by atoms with Gasteiger partial charge in [0.05, 0.1) is 36.7 Å². The fourth-order valence-electron chi connectivity index (χ4n) is 4.00. The third-order valence-corrected chi connectivity index (χ3v) is 6.28. The molecule has 0 aliphatic carbocycles. The topological polar surface area (TPSA) is 61.8 Å². The predicted molar refractivity (Wildman–Crippen MR) is 114 cm³/mol. The van der Waals surface area contributed by atoms with Crippen LogP contribution in [0.1, 0.15) is 47.6 Å². The molecule has 2 aromatic rings. The van der Waals surface area contributed by atoms with Gasteiger partial charge in [-0.3, -0.25) is 4.18 Å². The molecule has 200 valence electrons. The summed E-state index contributed by atoms with van der Waals surface area (Å²) in [4.78, 5) is 0. The molecule has 2 aromatic carbocycles. The minimum absolute atomic E-state index is 0.0153. The second-order valence-electron chi connectivity index (χ2n) is 8.47. The lowest BCUT2D eigenvalue weighted by molar-refractivity contribution is -0.211. The Labute approximate surface area is 203 Å². The summed E-state index contributed by atoms with van der Waals surface area (Å²) in [5.41, 5.74) is -3.04. The summed E-state index contributed by atoms with van der Waals surface area (Å²) in [6.45, 7) is 0.995. The van der Waals surface area contributed by atoms with E-state index in [1.165, 1.54) is 31.2 Å². The molecule has 36 heavy (non-hydrogen) atoms. The van der Waals surface area contributed by atoms with Gasteiger partial charge in [-0.15, -0.1) is 0 Å². The Morgan fingerprint density at radius 1 is 1.03 bits per heavy atom. The summed E-state index contributed by atoms with van der Waals surface area (Å²) in [6, 6.07) is 6.41. The molecule has 3 rings (SSSR count). The van der Waals surface area contributed by atoms with Crippen LogP contribution in [-0.4, -0.2) is 34.2 Å². The predicted octanol–water partition coefficient (Wildman–Crippen LogP) is 6.06. The summed E-state index contributed by atoms with van der Waals surface area (Å²) in [5.74, 6) is -2.01. The first-order valence-electron chi connectivity index (χ1n) is 10.7. The van der Waals surface area contributed by atoms with Crippen molar-refractivity contribution in [3.05, 3.63) is 70.5 Å². The Balaban J connectivity index is 1.96. The van der Waals surface area contributed by atoms with Crippen LogP contribution >= 0.6 is 0 Å². The normalized spacial score (nSPS) is 22.4. The molecule has 5 nitrogen and oxygen atoms in total. The van der Waals surface area contributed by atoms with Gasteiger partial charge < -0.3 is 9.47 Å². The quantitative estimate of drug-likeness (QED) is 0.313. The van der Waals surface area contributed by atoms with Crippen molar-refractivity contribution >= 4 is 10.1 Å². The van der Waals surface area contributed by atoms with Crippen LogP contribution in [-0.2, 0) is 36.1 Å². The van der Waals surface area contributed by atoms with Crippen LogP contribution in [0.15, 0.2) is 42.5 Å². The highest BCUT2D eigenvalue weighted by Gasteiger charge is 2.40. The monoisotopic (exact) mass is 544 g/mol. The number of hydrogen-bond acceptors (Lipinski definition) is 5. The summed E-state index contributed by atoms with van der Waals surface area (Å²) in [5, 5.41) is 0. The molecule has 1 aliphatic rings. The second kappa shape index (κ2) is 10.6. The standard InChI is InChI=1S/C23H23F7O5S/c1-13(16-8-17(22(25,26)27)11-18(9-16)23(28,29)30)35-21-20(14-4-3-5-19(24)10-14)15(6-7-33-21)12-34-36(2,31)32/h3-5,8-11,13,15,20-21H,6-7,12H2,1-2H3/t13?,15-,20-,21+/m0/s1. The summed E-state index contributed by atoms with van der Waals surface area (Å²) < 4.78 is 133. The molecule has 0 radical (unpaired) electrons. The summed E-state index contributed by atoms with van der Waals surface area (Å²) in [6.07, 6.45) is -11.5. The van der Waals surface area contributed by atoms with E-state index in [1.54, 1.807) is 0 Å². The molecule has 0 N–H and O–H groups in total. The van der Waals surface area contributed by atoms with Gasteiger partial charge in [-0.2, -0.15) is 34.8 Å². The molecule has 1 fully saturated rings. The van der Waals surface area contributed by atoms with Crippen LogP contribution in [0.25, 0.3) is 0 Å². The van der Waals surface area contributed by atoms with Crippen molar-refractivity contribution < 1.29 is 52.8 Å². The molecule has 1 aliphatic heterocycles. The molecular weight excluding hydrogens is 521 g/mol. The highest BCUT2D eigenvalue weighted by Crippen LogP contribution is 2.41. The molecular formula is C23H23F7O5S. The average Bonchev–Trinajstić information content (AvgIpc) is 2.75. The minimum Gasteiger partial charge on any atom is -0.352 e. The maximum Gasteiger partial charge on any atom is 0.416 e. The number of benzene rings is 2. The van der Waals surface area contributed by atoms with Crippen LogP contribution in [0.2, 0.25) is 0 Å². The Kier molecular flexibility index (Phi) is 8.38. The van der Waals surface area contributed by atoms with E-state index in [1.807, 2.05) is 0 Å². The zero-order chi connectivity index (χ0) is 26.9. The highest BCUT2D eigenvalue weighted by molar-refractivity contribution is 7.85. The summed E-state index contributed by atoms with van der Waals surface area (Å²) >= 11 is 0. The van der Waals surface area contributed by atoms with Gasteiger partial charge in [-0.05, 0) is 60.7 Å². The maximum absolute atomic E-state index is 14.0. The Morgan fingerprint density at radius 3 is 2.17 bits per heavy atom. The van der Waals surface area contributed by atoms with Gasteiger partial charge in [-0.25, -0.2) is 4.39 Å². The lowest BCUT2D eigenvalue weighted by Gasteiger charge is -2.39. The third-order valence-electron chi connectivity index (χ3n) is 5.72. The number of hydrogen-bond donors (Lipinski definition) is 0. The van der Waals surface area contributed by atoms with E-state index in [0.29, 0.717) is 17.7 Å². The van der Waals surface area contributed by atoms with Crippen LogP contribution in [0.5, 0.6) is 0 Å². The molecule has 0 aromatic heterocycles. The van der Waals surface area contributed by atoms with Gasteiger partial charge in [0.1, 0.15) is 5.82 Å². The third kappa shape index (κ3) is 7.40. The molecule has 0 saturated carbocycles. The molecule has 0 bridgehead atoms. The lowest BCUT2D eigenvalue weighted by Crippen LogP contribution is -2.39. The number of rotatable bonds is 7. The van der Waals surface area contributed by atoms with Crippen LogP contribution in [0.3, 0.4) is 0 Å². The fraction of sp³-hybridized carbons (Fsp3) is 0.478. The van der Waals surface area contributed by atoms with E-state index >= 15 is 0 Å². The van der Waals surface area contributed by atoms with Gasteiger partial charge in [0.25, 0.3) is 10.1 Å². The van der Waals surface area contributed by atoms with Gasteiger partial charge in [0.2, 0.25) is 0 Å². The number of ether oxygens (including phenoxy) is 2. The number of alkyl halides is 6. The molecule has 4 atom stereocenters. The smallest absolute Gasteiger partial charge is 0.352 e. The highest BCUT2D eigenvalue weighted by atomic mass is 32.2. The molecule has 13 heteroatoms. The lowest BCUT2D eigenvalue weighted by atomic mass is 9.82. The average molecular weight is 544 g/mol. The Bertz CT molecular complexity index is 1130. The van der Waals surface area contributed by atoms with Gasteiger partial charge in [0, 0.05) is 5.92 Å². The van der Waals surface area contributed by atoms with Crippen molar-refractivity contribution in [1.29, 1.82) is 0 Å². The second-order valence-corrected chi connectivity index (χ2v) is 10.1. The fourth-order valence-corrected chi connectivity index (χ4v) is 4.42. The SMILES string of the molecule is CC(O[C@H]1OCC[C@@H](COS(C)(=O)=O)[C@@H]1c1cccc(F)c1)c1cc(C(F)(F)F)cc(C(F)(F)F)c1. The van der Waals surface area contributed by atoms with Crippen LogP contribution in [0.4, 0.5) is 30.7 Å². The van der Waals surface area contributed by atoms with E-state index in [4.69, 9.17) is 13.7 Å². The molecule has 1 saturated heterocycles. The van der Waals surface area contributed by atoms with Crippen LogP contribution < -0.4 is 0 Å². The van der Waals surface area contributed by atoms with Crippen molar-refractivity contribution in [2.75, 3.05) is 19.5 Å². The Morgan fingerprint density at radius 2 is 1.64 bits per heavy atom. The minimum atomic E-state index is -5.03. The zero-order valence-electron chi connectivity index (χ0n) is 19.1. The van der Waals surface area contributed by atoms with Gasteiger partial charge in [0.15, 0.2) is 6.29 Å². The van der Waals surface area contributed by atoms with E-state index < -0.39 is 69.2 Å². The van der Waals surface area contributed by atoms with Crippen LogP contribution in [0, 0.1) is 11.7 Å². The molecule has 0 spiro atoms. The largest absolute Gasteiger partial charge is 0.416 e. The van der Waals surface area contributed by atoms with Crippen molar-refractivity contribution in [2.24, 2.45) is 5.92 Å². The van der Waals surface area contributed by atoms with E-state index in [2.05, 4.69) is 0 Å².